The first-order valence-electron chi connectivity index (χ1n) is 8.57. The summed E-state index contributed by atoms with van der Waals surface area (Å²) in [5.41, 5.74) is 1.42. The molecule has 1 nitrogen and oxygen atoms in total. The van der Waals surface area contributed by atoms with Crippen molar-refractivity contribution < 1.29 is 0 Å². The molecule has 0 amide bonds. The van der Waals surface area contributed by atoms with Crippen LogP contribution in [0.25, 0.3) is 0 Å². The summed E-state index contributed by atoms with van der Waals surface area (Å²) in [5.74, 6) is 5.20. The molecule has 1 unspecified atom stereocenters. The van der Waals surface area contributed by atoms with Gasteiger partial charge in [-0.1, -0.05) is 30.3 Å². The maximum absolute atomic E-state index is 3.83. The van der Waals surface area contributed by atoms with Gasteiger partial charge in [-0.3, -0.25) is 0 Å². The number of hydrogen-bond donors (Lipinski definition) is 1. The molecule has 0 radical (unpaired) electrons. The predicted molar refractivity (Wildman–Crippen MR) is 83.3 cm³/mol. The van der Waals surface area contributed by atoms with E-state index >= 15 is 0 Å². The van der Waals surface area contributed by atoms with E-state index in [-0.39, 0.29) is 0 Å². The van der Waals surface area contributed by atoms with Crippen LogP contribution >= 0.6 is 0 Å². The molecule has 4 fully saturated rings. The van der Waals surface area contributed by atoms with Gasteiger partial charge in [0.15, 0.2) is 0 Å². The Bertz CT molecular complexity index is 424. The van der Waals surface area contributed by atoms with E-state index < -0.39 is 0 Å². The van der Waals surface area contributed by atoms with Crippen LogP contribution in [0, 0.1) is 29.6 Å². The summed E-state index contributed by atoms with van der Waals surface area (Å²) >= 11 is 0. The Hall–Kier alpha value is -0.820. The third-order valence-corrected chi connectivity index (χ3v) is 6.35. The average Bonchev–Trinajstić information content (AvgIpc) is 2.45. The van der Waals surface area contributed by atoms with Gasteiger partial charge in [-0.2, -0.15) is 0 Å². The molecule has 4 saturated carbocycles. The smallest absolute Gasteiger partial charge is 0.0208 e. The Labute approximate surface area is 123 Å². The van der Waals surface area contributed by atoms with E-state index in [2.05, 4.69) is 42.6 Å². The molecule has 1 heteroatoms. The van der Waals surface area contributed by atoms with Crippen LogP contribution in [0.15, 0.2) is 30.3 Å². The second kappa shape index (κ2) is 5.18. The van der Waals surface area contributed by atoms with Crippen molar-refractivity contribution in [2.45, 2.75) is 51.6 Å². The Kier molecular flexibility index (Phi) is 3.34. The zero-order valence-corrected chi connectivity index (χ0v) is 12.6. The lowest BCUT2D eigenvalue weighted by Gasteiger charge is -2.56. The first-order chi connectivity index (χ1) is 9.79. The fraction of sp³-hybridized carbons (Fsp3) is 0.684. The van der Waals surface area contributed by atoms with Crippen molar-refractivity contribution >= 4 is 0 Å². The van der Waals surface area contributed by atoms with Gasteiger partial charge in [-0.05, 0) is 74.2 Å². The molecule has 4 aliphatic carbocycles. The van der Waals surface area contributed by atoms with Crippen LogP contribution in [0.1, 0.15) is 44.6 Å². The lowest BCUT2D eigenvalue weighted by Crippen LogP contribution is -2.51. The van der Waals surface area contributed by atoms with E-state index in [4.69, 9.17) is 0 Å². The molecule has 0 spiro atoms. The van der Waals surface area contributed by atoms with Gasteiger partial charge >= 0.3 is 0 Å². The molecule has 1 aromatic carbocycles. The summed E-state index contributed by atoms with van der Waals surface area (Å²) < 4.78 is 0. The van der Waals surface area contributed by atoms with E-state index in [0.29, 0.717) is 6.04 Å². The number of hydrogen-bond acceptors (Lipinski definition) is 1. The zero-order valence-electron chi connectivity index (χ0n) is 12.6. The Morgan fingerprint density at radius 2 is 1.55 bits per heavy atom. The number of nitrogens with one attached hydrogen (secondary N) is 1. The number of rotatable bonds is 4. The van der Waals surface area contributed by atoms with Gasteiger partial charge in [0, 0.05) is 12.6 Å². The van der Waals surface area contributed by atoms with E-state index in [1.165, 1.54) is 31.2 Å². The van der Waals surface area contributed by atoms with Gasteiger partial charge < -0.3 is 5.32 Å². The van der Waals surface area contributed by atoms with E-state index in [9.17, 15) is 0 Å². The highest BCUT2D eigenvalue weighted by molar-refractivity contribution is 5.14. The highest BCUT2D eigenvalue weighted by Gasteiger charge is 2.49. The van der Waals surface area contributed by atoms with Crippen molar-refractivity contribution in [1.82, 2.24) is 5.32 Å². The summed E-state index contributed by atoms with van der Waals surface area (Å²) in [6, 6.07) is 11.5. The minimum atomic E-state index is 0.685. The fourth-order valence-electron chi connectivity index (χ4n) is 5.79. The molecular weight excluding hydrogens is 242 g/mol. The average molecular weight is 269 g/mol. The molecular formula is C19H27N. The normalized spacial score (nSPS) is 40.0. The second-order valence-electron chi connectivity index (χ2n) is 7.66. The van der Waals surface area contributed by atoms with Crippen LogP contribution in [0.5, 0.6) is 0 Å². The summed E-state index contributed by atoms with van der Waals surface area (Å²) in [5, 5.41) is 3.83. The second-order valence-corrected chi connectivity index (χ2v) is 7.66. The lowest BCUT2D eigenvalue weighted by molar-refractivity contribution is -0.0494. The van der Waals surface area contributed by atoms with Gasteiger partial charge in [0.25, 0.3) is 0 Å². The molecule has 0 saturated heterocycles. The van der Waals surface area contributed by atoms with Crippen LogP contribution in [0.2, 0.25) is 0 Å². The number of benzene rings is 1. The summed E-state index contributed by atoms with van der Waals surface area (Å²) in [6.45, 7) is 3.47. The van der Waals surface area contributed by atoms with Gasteiger partial charge in [0.05, 0.1) is 0 Å². The first kappa shape index (κ1) is 12.9. The van der Waals surface area contributed by atoms with Crippen molar-refractivity contribution in [3.63, 3.8) is 0 Å². The first-order valence-corrected chi connectivity index (χ1v) is 8.57. The van der Waals surface area contributed by atoms with E-state index in [0.717, 1.165) is 36.1 Å². The molecule has 1 atom stereocenters. The van der Waals surface area contributed by atoms with Crippen LogP contribution in [0.3, 0.4) is 0 Å². The van der Waals surface area contributed by atoms with Crippen LogP contribution in [0.4, 0.5) is 0 Å². The largest absolute Gasteiger partial charge is 0.310 e. The molecule has 1 N–H and O–H groups in total. The monoisotopic (exact) mass is 269 g/mol. The van der Waals surface area contributed by atoms with Crippen molar-refractivity contribution in [3.8, 4) is 0 Å². The predicted octanol–water partition coefficient (Wildman–Crippen LogP) is 4.24. The van der Waals surface area contributed by atoms with Gasteiger partial charge in [-0.15, -0.1) is 0 Å². The Balaban J connectivity index is 1.40. The highest BCUT2D eigenvalue weighted by Crippen LogP contribution is 2.57. The van der Waals surface area contributed by atoms with E-state index in [1.807, 2.05) is 0 Å². The lowest BCUT2D eigenvalue weighted by atomic mass is 9.50. The zero-order chi connectivity index (χ0) is 13.5. The molecule has 5 rings (SSSR count). The Morgan fingerprint density at radius 3 is 2.15 bits per heavy atom. The SMILES string of the molecule is CC(NCc1ccccc1)C1C2CC3CC(C2)CC1C3. The molecule has 0 aliphatic heterocycles. The van der Waals surface area contributed by atoms with Crippen molar-refractivity contribution in [1.29, 1.82) is 0 Å². The Morgan fingerprint density at radius 1 is 0.950 bits per heavy atom. The standard InChI is InChI=1S/C19H27N/c1-13(20-12-14-5-3-2-4-6-14)19-17-8-15-7-16(10-17)11-18(19)9-15/h2-6,13,15-20H,7-12H2,1H3. The summed E-state index contributed by atoms with van der Waals surface area (Å²) in [4.78, 5) is 0. The third kappa shape index (κ3) is 2.30. The molecule has 108 valence electrons. The highest BCUT2D eigenvalue weighted by atomic mass is 14.9. The maximum atomic E-state index is 3.83. The molecule has 0 aromatic heterocycles. The van der Waals surface area contributed by atoms with Gasteiger partial charge in [0.2, 0.25) is 0 Å². The quantitative estimate of drug-likeness (QED) is 0.862. The van der Waals surface area contributed by atoms with Crippen LogP contribution < -0.4 is 5.32 Å². The van der Waals surface area contributed by atoms with Crippen molar-refractivity contribution in [3.05, 3.63) is 35.9 Å². The molecule has 4 bridgehead atoms. The molecule has 1 aromatic rings. The van der Waals surface area contributed by atoms with Crippen molar-refractivity contribution in [2.75, 3.05) is 0 Å². The van der Waals surface area contributed by atoms with Crippen LogP contribution in [-0.2, 0) is 6.54 Å². The van der Waals surface area contributed by atoms with Crippen LogP contribution in [-0.4, -0.2) is 6.04 Å². The molecule has 4 aliphatic rings. The van der Waals surface area contributed by atoms with Gasteiger partial charge in [0.1, 0.15) is 0 Å². The maximum Gasteiger partial charge on any atom is 0.0208 e. The molecule has 20 heavy (non-hydrogen) atoms. The van der Waals surface area contributed by atoms with E-state index in [1.54, 1.807) is 6.42 Å². The summed E-state index contributed by atoms with van der Waals surface area (Å²) in [6.07, 6.45) is 7.71. The minimum Gasteiger partial charge on any atom is -0.310 e. The summed E-state index contributed by atoms with van der Waals surface area (Å²) in [7, 11) is 0. The third-order valence-electron chi connectivity index (χ3n) is 6.35. The van der Waals surface area contributed by atoms with Gasteiger partial charge in [-0.25, -0.2) is 0 Å². The topological polar surface area (TPSA) is 12.0 Å². The van der Waals surface area contributed by atoms with Crippen molar-refractivity contribution in [2.24, 2.45) is 29.6 Å². The minimum absolute atomic E-state index is 0.685. The molecule has 0 heterocycles. The fourth-order valence-corrected chi connectivity index (χ4v) is 5.79.